The second-order valence-electron chi connectivity index (χ2n) is 7.27. The minimum atomic E-state index is -3.69. The fraction of sp³-hybridized carbons (Fsp3) is 0.429. The predicted octanol–water partition coefficient (Wildman–Crippen LogP) is 3.25. The summed E-state index contributed by atoms with van der Waals surface area (Å²) in [5, 5.41) is 0. The van der Waals surface area contributed by atoms with Crippen LogP contribution in [0, 0.1) is 13.8 Å². The summed E-state index contributed by atoms with van der Waals surface area (Å²) in [5.41, 5.74) is 4.78. The number of hydrogen-bond donors (Lipinski definition) is 1. The zero-order valence-electron chi connectivity index (χ0n) is 18.1. The monoisotopic (exact) mass is 438 g/mol. The van der Waals surface area contributed by atoms with Crippen molar-refractivity contribution < 1.29 is 16.8 Å². The molecule has 0 aliphatic rings. The molecule has 0 heterocycles. The van der Waals surface area contributed by atoms with Gasteiger partial charge in [-0.2, -0.15) is 0 Å². The fourth-order valence-corrected chi connectivity index (χ4v) is 5.61. The summed E-state index contributed by atoms with van der Waals surface area (Å²) in [5.74, 6) is 0. The van der Waals surface area contributed by atoms with E-state index in [2.05, 4.69) is 4.72 Å². The van der Waals surface area contributed by atoms with Crippen LogP contribution in [-0.4, -0.2) is 42.3 Å². The number of nitrogens with zero attached hydrogens (tertiary/aromatic N) is 1. The van der Waals surface area contributed by atoms with E-state index in [9.17, 15) is 16.8 Å². The molecule has 29 heavy (non-hydrogen) atoms. The Kier molecular flexibility index (Phi) is 6.94. The quantitative estimate of drug-likeness (QED) is 0.719. The maximum absolute atomic E-state index is 13.1. The summed E-state index contributed by atoms with van der Waals surface area (Å²) in [4.78, 5) is 0.432. The Morgan fingerprint density at radius 3 is 1.90 bits per heavy atom. The van der Waals surface area contributed by atoms with Crippen LogP contribution in [-0.2, 0) is 32.9 Å². The molecule has 0 aliphatic carbocycles. The Balaban J connectivity index is 3.02. The van der Waals surface area contributed by atoms with E-state index in [0.29, 0.717) is 18.4 Å². The first kappa shape index (κ1) is 23.5. The van der Waals surface area contributed by atoms with Crippen LogP contribution in [0.5, 0.6) is 0 Å². The van der Waals surface area contributed by atoms with E-state index in [-0.39, 0.29) is 9.79 Å². The lowest BCUT2D eigenvalue weighted by molar-refractivity contribution is 0.521. The molecule has 0 unspecified atom stereocenters. The van der Waals surface area contributed by atoms with Crippen molar-refractivity contribution in [3.8, 4) is 11.1 Å². The molecule has 0 saturated carbocycles. The molecule has 1 N–H and O–H groups in total. The molecule has 2 aromatic rings. The van der Waals surface area contributed by atoms with Gasteiger partial charge in [-0.3, -0.25) is 0 Å². The second kappa shape index (κ2) is 8.55. The van der Waals surface area contributed by atoms with Crippen LogP contribution in [0.4, 0.5) is 0 Å². The standard InChI is InChI=1S/C21H30N2O4S2/c1-8-16-10-14(3)11-19(29(26,27)23(6)7)21(16)20-15(4)12-18(13-17(20)9-2)28(24,25)22-5/h10-13,22H,8-9H2,1-7H3. The molecule has 0 saturated heterocycles. The van der Waals surface area contributed by atoms with Crippen LogP contribution in [0.1, 0.15) is 36.1 Å². The minimum absolute atomic E-state index is 0.181. The highest BCUT2D eigenvalue weighted by Crippen LogP contribution is 2.39. The van der Waals surface area contributed by atoms with Gasteiger partial charge in [-0.1, -0.05) is 19.9 Å². The normalized spacial score (nSPS) is 12.6. The first-order valence-electron chi connectivity index (χ1n) is 9.54. The molecule has 8 heteroatoms. The second-order valence-corrected chi connectivity index (χ2v) is 11.3. The number of hydrogen-bond acceptors (Lipinski definition) is 4. The van der Waals surface area contributed by atoms with E-state index in [4.69, 9.17) is 0 Å². The van der Waals surface area contributed by atoms with Crippen LogP contribution < -0.4 is 4.72 Å². The zero-order valence-corrected chi connectivity index (χ0v) is 19.8. The zero-order chi connectivity index (χ0) is 22.1. The van der Waals surface area contributed by atoms with Crippen LogP contribution in [0.2, 0.25) is 0 Å². The number of benzene rings is 2. The molecular weight excluding hydrogens is 408 g/mol. The van der Waals surface area contributed by atoms with E-state index in [1.54, 1.807) is 18.2 Å². The largest absolute Gasteiger partial charge is 0.243 e. The molecule has 0 aromatic heterocycles. The summed E-state index contributed by atoms with van der Waals surface area (Å²) in [6.07, 6.45) is 1.23. The molecule has 0 radical (unpaired) electrons. The average molecular weight is 439 g/mol. The summed E-state index contributed by atoms with van der Waals surface area (Å²) in [6, 6.07) is 6.94. The third-order valence-electron chi connectivity index (χ3n) is 5.07. The Morgan fingerprint density at radius 1 is 0.862 bits per heavy atom. The van der Waals surface area contributed by atoms with Gasteiger partial charge in [0.05, 0.1) is 9.79 Å². The van der Waals surface area contributed by atoms with E-state index in [0.717, 1.165) is 27.8 Å². The van der Waals surface area contributed by atoms with E-state index >= 15 is 0 Å². The molecule has 0 bridgehead atoms. The maximum atomic E-state index is 13.1. The lowest BCUT2D eigenvalue weighted by atomic mass is 9.89. The van der Waals surface area contributed by atoms with Gasteiger partial charge in [0.1, 0.15) is 0 Å². The first-order chi connectivity index (χ1) is 13.4. The summed E-state index contributed by atoms with van der Waals surface area (Å²) < 4.78 is 54.5. The van der Waals surface area contributed by atoms with Crippen molar-refractivity contribution in [2.45, 2.75) is 50.3 Å². The molecular formula is C21H30N2O4S2. The highest BCUT2D eigenvalue weighted by Gasteiger charge is 2.27. The van der Waals surface area contributed by atoms with Crippen molar-refractivity contribution in [2.75, 3.05) is 21.1 Å². The van der Waals surface area contributed by atoms with Gasteiger partial charge in [0.15, 0.2) is 0 Å². The summed E-state index contributed by atoms with van der Waals surface area (Å²) in [7, 11) is -2.89. The van der Waals surface area contributed by atoms with Crippen molar-refractivity contribution in [1.29, 1.82) is 0 Å². The van der Waals surface area contributed by atoms with Gasteiger partial charge in [0.2, 0.25) is 20.0 Å². The summed E-state index contributed by atoms with van der Waals surface area (Å²) >= 11 is 0. The Labute approximate surface area is 175 Å². The minimum Gasteiger partial charge on any atom is -0.214 e. The smallest absolute Gasteiger partial charge is 0.214 e. The third-order valence-corrected chi connectivity index (χ3v) is 8.30. The molecule has 160 valence electrons. The van der Waals surface area contributed by atoms with Gasteiger partial charge in [-0.15, -0.1) is 0 Å². The molecule has 2 aromatic carbocycles. The van der Waals surface area contributed by atoms with E-state index < -0.39 is 20.0 Å². The maximum Gasteiger partial charge on any atom is 0.243 e. The number of rotatable bonds is 7. The first-order valence-corrected chi connectivity index (χ1v) is 12.5. The molecule has 2 rings (SSSR count). The molecule has 6 nitrogen and oxygen atoms in total. The van der Waals surface area contributed by atoms with Crippen LogP contribution >= 0.6 is 0 Å². The topological polar surface area (TPSA) is 83.5 Å². The van der Waals surface area contributed by atoms with Crippen LogP contribution in [0.15, 0.2) is 34.1 Å². The SMILES string of the molecule is CCc1cc(S(=O)(=O)NC)cc(C)c1-c1c(CC)cc(C)cc1S(=O)(=O)N(C)C. The van der Waals surface area contributed by atoms with Gasteiger partial charge in [0.25, 0.3) is 0 Å². The van der Waals surface area contributed by atoms with Gasteiger partial charge in [-0.05, 0) is 79.8 Å². The highest BCUT2D eigenvalue weighted by molar-refractivity contribution is 7.89. The van der Waals surface area contributed by atoms with Crippen LogP contribution in [0.25, 0.3) is 11.1 Å². The summed E-state index contributed by atoms with van der Waals surface area (Å²) in [6.45, 7) is 7.64. The van der Waals surface area contributed by atoms with E-state index in [1.807, 2.05) is 33.8 Å². The van der Waals surface area contributed by atoms with Gasteiger partial charge in [-0.25, -0.2) is 25.9 Å². The van der Waals surface area contributed by atoms with Gasteiger partial charge < -0.3 is 0 Å². The Bertz CT molecular complexity index is 1140. The molecule has 0 atom stereocenters. The van der Waals surface area contributed by atoms with Crippen molar-refractivity contribution >= 4 is 20.0 Å². The van der Waals surface area contributed by atoms with Crippen molar-refractivity contribution in [2.24, 2.45) is 0 Å². The lowest BCUT2D eigenvalue weighted by Crippen LogP contribution is -2.24. The molecule has 0 amide bonds. The van der Waals surface area contributed by atoms with Gasteiger partial charge in [0, 0.05) is 19.7 Å². The van der Waals surface area contributed by atoms with Crippen molar-refractivity contribution in [3.05, 3.63) is 46.5 Å². The van der Waals surface area contributed by atoms with Crippen molar-refractivity contribution in [3.63, 3.8) is 0 Å². The number of aryl methyl sites for hydroxylation is 4. The predicted molar refractivity (Wildman–Crippen MR) is 117 cm³/mol. The van der Waals surface area contributed by atoms with E-state index in [1.165, 1.54) is 25.4 Å². The highest BCUT2D eigenvalue weighted by atomic mass is 32.2. The molecule has 0 fully saturated rings. The number of sulfonamides is 2. The van der Waals surface area contributed by atoms with Gasteiger partial charge >= 0.3 is 0 Å². The fourth-order valence-electron chi connectivity index (χ4n) is 3.52. The molecule has 0 aliphatic heterocycles. The average Bonchev–Trinajstić information content (AvgIpc) is 2.66. The van der Waals surface area contributed by atoms with Crippen LogP contribution in [0.3, 0.4) is 0 Å². The number of nitrogens with one attached hydrogen (secondary N) is 1. The van der Waals surface area contributed by atoms with Crippen molar-refractivity contribution in [1.82, 2.24) is 9.03 Å². The Morgan fingerprint density at radius 2 is 1.41 bits per heavy atom. The third kappa shape index (κ3) is 4.40. The lowest BCUT2D eigenvalue weighted by Gasteiger charge is -2.23. The Hall–Kier alpha value is -1.74. The molecule has 0 spiro atoms.